The number of benzene rings is 1. The van der Waals surface area contributed by atoms with E-state index >= 15 is 0 Å². The maximum absolute atomic E-state index is 10.7. The van der Waals surface area contributed by atoms with Gasteiger partial charge in [-0.1, -0.05) is 26.0 Å². The van der Waals surface area contributed by atoms with E-state index in [4.69, 9.17) is 10.8 Å². The van der Waals surface area contributed by atoms with Gasteiger partial charge in [-0.05, 0) is 36.5 Å². The molecule has 3 nitrogen and oxygen atoms in total. The Morgan fingerprint density at radius 1 is 1.25 bits per heavy atom. The Hall–Kier alpha value is -1.35. The lowest BCUT2D eigenvalue weighted by molar-refractivity contribution is 0.0697. The zero-order chi connectivity index (χ0) is 12.1. The third-order valence-electron chi connectivity index (χ3n) is 2.64. The molecule has 1 atom stereocenters. The largest absolute Gasteiger partial charge is 0.478 e. The third kappa shape index (κ3) is 3.66. The van der Waals surface area contributed by atoms with Gasteiger partial charge >= 0.3 is 5.97 Å². The Morgan fingerprint density at radius 2 is 1.81 bits per heavy atom. The number of aromatic carboxylic acids is 1. The van der Waals surface area contributed by atoms with Crippen molar-refractivity contribution in [3.05, 3.63) is 35.4 Å². The van der Waals surface area contributed by atoms with Crippen molar-refractivity contribution in [3.8, 4) is 0 Å². The van der Waals surface area contributed by atoms with Gasteiger partial charge in [-0.15, -0.1) is 0 Å². The minimum atomic E-state index is -0.901. The maximum atomic E-state index is 10.7. The molecule has 3 heteroatoms. The SMILES string of the molecule is CC(C)CC[C@H](N)c1ccc(C(=O)O)cc1. The molecule has 0 heterocycles. The quantitative estimate of drug-likeness (QED) is 0.803. The van der Waals surface area contributed by atoms with Crippen molar-refractivity contribution in [1.82, 2.24) is 0 Å². The summed E-state index contributed by atoms with van der Waals surface area (Å²) in [5.41, 5.74) is 7.33. The second-order valence-corrected chi connectivity index (χ2v) is 4.50. The fourth-order valence-electron chi connectivity index (χ4n) is 1.55. The van der Waals surface area contributed by atoms with E-state index in [1.165, 1.54) is 0 Å². The lowest BCUT2D eigenvalue weighted by Gasteiger charge is -2.13. The van der Waals surface area contributed by atoms with Gasteiger partial charge in [0.05, 0.1) is 5.56 Å². The summed E-state index contributed by atoms with van der Waals surface area (Å²) >= 11 is 0. The van der Waals surface area contributed by atoms with Gasteiger partial charge in [-0.25, -0.2) is 4.79 Å². The summed E-state index contributed by atoms with van der Waals surface area (Å²) < 4.78 is 0. The van der Waals surface area contributed by atoms with Crippen molar-refractivity contribution >= 4 is 5.97 Å². The Morgan fingerprint density at radius 3 is 2.25 bits per heavy atom. The minimum Gasteiger partial charge on any atom is -0.478 e. The van der Waals surface area contributed by atoms with Crippen LogP contribution >= 0.6 is 0 Å². The van der Waals surface area contributed by atoms with E-state index in [1.54, 1.807) is 24.3 Å². The van der Waals surface area contributed by atoms with Crippen molar-refractivity contribution in [2.45, 2.75) is 32.7 Å². The van der Waals surface area contributed by atoms with E-state index in [2.05, 4.69) is 13.8 Å². The molecule has 0 aliphatic carbocycles. The van der Waals surface area contributed by atoms with Crippen LogP contribution in [0.2, 0.25) is 0 Å². The van der Waals surface area contributed by atoms with Gasteiger partial charge in [0.1, 0.15) is 0 Å². The highest BCUT2D eigenvalue weighted by Gasteiger charge is 2.08. The molecular weight excluding hydrogens is 202 g/mol. The molecule has 0 fully saturated rings. The van der Waals surface area contributed by atoms with Crippen LogP contribution in [0.4, 0.5) is 0 Å². The molecular formula is C13H19NO2. The molecule has 88 valence electrons. The summed E-state index contributed by atoms with van der Waals surface area (Å²) in [5, 5.41) is 8.76. The van der Waals surface area contributed by atoms with Crippen LogP contribution in [0.3, 0.4) is 0 Å². The zero-order valence-electron chi connectivity index (χ0n) is 9.81. The Bertz CT molecular complexity index is 343. The van der Waals surface area contributed by atoms with Gasteiger partial charge in [0, 0.05) is 6.04 Å². The number of carboxylic acids is 1. The molecule has 0 unspecified atom stereocenters. The maximum Gasteiger partial charge on any atom is 0.335 e. The first-order chi connectivity index (χ1) is 7.50. The fourth-order valence-corrected chi connectivity index (χ4v) is 1.55. The number of nitrogens with two attached hydrogens (primary N) is 1. The van der Waals surface area contributed by atoms with Gasteiger partial charge in [0.15, 0.2) is 0 Å². The van der Waals surface area contributed by atoms with E-state index in [-0.39, 0.29) is 6.04 Å². The highest BCUT2D eigenvalue weighted by Crippen LogP contribution is 2.19. The lowest BCUT2D eigenvalue weighted by Crippen LogP contribution is -2.11. The van der Waals surface area contributed by atoms with Gasteiger partial charge < -0.3 is 10.8 Å². The number of carbonyl (C=O) groups is 1. The summed E-state index contributed by atoms with van der Waals surface area (Å²) in [6.07, 6.45) is 2.02. The van der Waals surface area contributed by atoms with Crippen LogP contribution in [0.5, 0.6) is 0 Å². The zero-order valence-corrected chi connectivity index (χ0v) is 9.81. The number of hydrogen-bond acceptors (Lipinski definition) is 2. The first-order valence-electron chi connectivity index (χ1n) is 5.59. The Balaban J connectivity index is 2.63. The van der Waals surface area contributed by atoms with Crippen molar-refractivity contribution in [2.24, 2.45) is 11.7 Å². The number of hydrogen-bond donors (Lipinski definition) is 2. The molecule has 0 radical (unpaired) electrons. The average Bonchev–Trinajstić information content (AvgIpc) is 2.26. The van der Waals surface area contributed by atoms with E-state index < -0.39 is 5.97 Å². The van der Waals surface area contributed by atoms with Crippen LogP contribution < -0.4 is 5.73 Å². The van der Waals surface area contributed by atoms with Crippen LogP contribution in [0.25, 0.3) is 0 Å². The Labute approximate surface area is 96.3 Å². The predicted molar refractivity (Wildman–Crippen MR) is 64.4 cm³/mol. The van der Waals surface area contributed by atoms with Gasteiger partial charge in [0.2, 0.25) is 0 Å². The highest BCUT2D eigenvalue weighted by molar-refractivity contribution is 5.87. The first kappa shape index (κ1) is 12.7. The summed E-state index contributed by atoms with van der Waals surface area (Å²) in [6.45, 7) is 4.33. The first-order valence-corrected chi connectivity index (χ1v) is 5.59. The van der Waals surface area contributed by atoms with Gasteiger partial charge in [-0.2, -0.15) is 0 Å². The number of carboxylic acid groups (broad SMARTS) is 1. The van der Waals surface area contributed by atoms with Crippen LogP contribution in [0.15, 0.2) is 24.3 Å². The predicted octanol–water partition coefficient (Wildman–Crippen LogP) is 2.82. The molecule has 0 spiro atoms. The normalized spacial score (nSPS) is 12.8. The van der Waals surface area contributed by atoms with E-state index in [9.17, 15) is 4.79 Å². The topological polar surface area (TPSA) is 63.3 Å². The average molecular weight is 221 g/mol. The van der Waals surface area contributed by atoms with E-state index in [0.717, 1.165) is 18.4 Å². The third-order valence-corrected chi connectivity index (χ3v) is 2.64. The molecule has 3 N–H and O–H groups in total. The van der Waals surface area contributed by atoms with Crippen molar-refractivity contribution in [3.63, 3.8) is 0 Å². The fraction of sp³-hybridized carbons (Fsp3) is 0.462. The van der Waals surface area contributed by atoms with Crippen molar-refractivity contribution < 1.29 is 9.90 Å². The van der Waals surface area contributed by atoms with Crippen LogP contribution in [-0.2, 0) is 0 Å². The van der Waals surface area contributed by atoms with Crippen LogP contribution in [0.1, 0.15) is 48.7 Å². The second-order valence-electron chi connectivity index (χ2n) is 4.50. The summed E-state index contributed by atoms with van der Waals surface area (Å²) in [4.78, 5) is 10.7. The van der Waals surface area contributed by atoms with E-state index in [1.807, 2.05) is 0 Å². The molecule has 1 aromatic carbocycles. The molecule has 1 rings (SSSR count). The molecule has 0 aliphatic rings. The molecule has 1 aromatic rings. The van der Waals surface area contributed by atoms with Gasteiger partial charge in [0.25, 0.3) is 0 Å². The Kier molecular flexibility index (Phi) is 4.50. The van der Waals surface area contributed by atoms with Crippen LogP contribution in [0, 0.1) is 5.92 Å². The molecule has 0 saturated heterocycles. The standard InChI is InChI=1S/C13H19NO2/c1-9(2)3-8-12(14)10-4-6-11(7-5-10)13(15)16/h4-7,9,12H,3,8,14H2,1-2H3,(H,15,16)/t12-/m0/s1. The van der Waals surface area contributed by atoms with Crippen molar-refractivity contribution in [1.29, 1.82) is 0 Å². The lowest BCUT2D eigenvalue weighted by atomic mass is 9.98. The molecule has 0 saturated carbocycles. The molecule has 16 heavy (non-hydrogen) atoms. The monoisotopic (exact) mass is 221 g/mol. The summed E-state index contributed by atoms with van der Waals surface area (Å²) in [7, 11) is 0. The molecule has 0 bridgehead atoms. The summed E-state index contributed by atoms with van der Waals surface area (Å²) in [6, 6.07) is 6.81. The molecule has 0 amide bonds. The minimum absolute atomic E-state index is 0.00486. The smallest absolute Gasteiger partial charge is 0.335 e. The summed E-state index contributed by atoms with van der Waals surface area (Å²) in [5.74, 6) is -0.258. The van der Waals surface area contributed by atoms with Crippen molar-refractivity contribution in [2.75, 3.05) is 0 Å². The van der Waals surface area contributed by atoms with Crippen LogP contribution in [-0.4, -0.2) is 11.1 Å². The van der Waals surface area contributed by atoms with Gasteiger partial charge in [-0.3, -0.25) is 0 Å². The molecule has 0 aliphatic heterocycles. The molecule has 0 aromatic heterocycles. The number of rotatable bonds is 5. The van der Waals surface area contributed by atoms with E-state index in [0.29, 0.717) is 11.5 Å². The second kappa shape index (κ2) is 5.66. The highest BCUT2D eigenvalue weighted by atomic mass is 16.4.